The first-order chi connectivity index (χ1) is 5.24. The van der Waals surface area contributed by atoms with Gasteiger partial charge in [0.05, 0.1) is 0 Å². The third-order valence-corrected chi connectivity index (χ3v) is 1.93. The highest BCUT2D eigenvalue weighted by molar-refractivity contribution is 7.76. The molecule has 58 valence electrons. The van der Waals surface area contributed by atoms with Crippen LogP contribution in [0.25, 0.3) is 0 Å². The van der Waals surface area contributed by atoms with Crippen molar-refractivity contribution in [2.45, 2.75) is 12.8 Å². The summed E-state index contributed by atoms with van der Waals surface area (Å²) in [4.78, 5) is 3.62. The molecule has 0 N–H and O–H groups in total. The number of rotatable bonds is 1. The van der Waals surface area contributed by atoms with Gasteiger partial charge in [-0.05, 0) is 12.5 Å². The van der Waals surface area contributed by atoms with E-state index in [-0.39, 0.29) is 5.03 Å². The van der Waals surface area contributed by atoms with Gasteiger partial charge in [-0.3, -0.25) is 0 Å². The van der Waals surface area contributed by atoms with Crippen LogP contribution in [-0.2, 0) is 10.7 Å². The Morgan fingerprint density at radius 3 is 2.91 bits per heavy atom. The first-order valence-corrected chi connectivity index (χ1v) is 4.24. The lowest BCUT2D eigenvalue weighted by Crippen LogP contribution is -2.00. The minimum Gasteiger partial charge on any atom is -0.231 e. The molecule has 0 saturated heterocycles. The fourth-order valence-electron chi connectivity index (χ4n) is 0.774. The summed E-state index contributed by atoms with van der Waals surface area (Å²) in [7, 11) is -2.63. The van der Waals surface area contributed by atoms with Gasteiger partial charge in [-0.25, -0.2) is 13.4 Å². The van der Waals surface area contributed by atoms with E-state index in [4.69, 9.17) is 5.26 Å². The van der Waals surface area contributed by atoms with Gasteiger partial charge in [0.25, 0.3) is 0 Å². The Bertz CT molecular complexity index is 325. The molecule has 1 aliphatic heterocycles. The van der Waals surface area contributed by atoms with E-state index in [1.807, 2.05) is 6.07 Å². The van der Waals surface area contributed by atoms with E-state index in [1.165, 1.54) is 6.08 Å². The predicted molar refractivity (Wildman–Crippen MR) is 40.7 cm³/mol. The lowest BCUT2D eigenvalue weighted by Gasteiger charge is -2.01. The number of thiol groups is 1. The summed E-state index contributed by atoms with van der Waals surface area (Å²) >= 11 is 0. The first kappa shape index (κ1) is 7.95. The number of allylic oxidation sites excluding steroid dienone is 1. The second kappa shape index (κ2) is 3.30. The van der Waals surface area contributed by atoms with Gasteiger partial charge < -0.3 is 0 Å². The van der Waals surface area contributed by atoms with Crippen LogP contribution in [0.1, 0.15) is 12.8 Å². The van der Waals surface area contributed by atoms with Crippen molar-refractivity contribution in [3.05, 3.63) is 11.1 Å². The average molecular weight is 170 g/mol. The van der Waals surface area contributed by atoms with Crippen molar-refractivity contribution < 1.29 is 8.42 Å². The van der Waals surface area contributed by atoms with Gasteiger partial charge >= 0.3 is 0 Å². The van der Waals surface area contributed by atoms with Crippen LogP contribution < -0.4 is 0 Å². The quantitative estimate of drug-likeness (QED) is 0.571. The van der Waals surface area contributed by atoms with Crippen molar-refractivity contribution in [1.29, 1.82) is 5.26 Å². The van der Waals surface area contributed by atoms with Crippen molar-refractivity contribution in [2.24, 2.45) is 4.99 Å². The smallest absolute Gasteiger partial charge is 0.185 e. The maximum absolute atomic E-state index is 10.4. The molecule has 0 atom stereocenters. The van der Waals surface area contributed by atoms with Gasteiger partial charge in [0.2, 0.25) is 0 Å². The zero-order chi connectivity index (χ0) is 8.27. The zero-order valence-corrected chi connectivity index (χ0v) is 6.54. The van der Waals surface area contributed by atoms with Crippen LogP contribution in [-0.4, -0.2) is 14.1 Å². The molecule has 0 bridgehead atoms. The van der Waals surface area contributed by atoms with E-state index in [0.29, 0.717) is 18.6 Å². The molecular formula is C6H6N2O2S. The summed E-state index contributed by atoms with van der Waals surface area (Å²) < 4.78 is 20.7. The molecule has 0 aromatic carbocycles. The number of hydrogen-bond acceptors (Lipinski definition) is 4. The lowest BCUT2D eigenvalue weighted by molar-refractivity contribution is 0.619. The van der Waals surface area contributed by atoms with Crippen LogP contribution in [0.5, 0.6) is 0 Å². The van der Waals surface area contributed by atoms with Crippen molar-refractivity contribution in [1.82, 2.24) is 0 Å². The molecule has 0 fully saturated rings. The Morgan fingerprint density at radius 1 is 1.64 bits per heavy atom. The van der Waals surface area contributed by atoms with Crippen molar-refractivity contribution in [2.75, 3.05) is 0 Å². The summed E-state index contributed by atoms with van der Waals surface area (Å²) in [6.07, 6.45) is 2.65. The summed E-state index contributed by atoms with van der Waals surface area (Å²) in [5.74, 6) is 0. The predicted octanol–water partition coefficient (Wildman–Crippen LogP) is 0.198. The second-order valence-corrected chi connectivity index (χ2v) is 3.00. The Hall–Kier alpha value is -1.15. The number of nitrogens with zero attached hydrogens (tertiary/aromatic N) is 2. The largest absolute Gasteiger partial charge is 0.231 e. The van der Waals surface area contributed by atoms with Gasteiger partial charge in [-0.15, -0.1) is 0 Å². The van der Waals surface area contributed by atoms with E-state index in [1.54, 1.807) is 0 Å². The minimum absolute atomic E-state index is 0.0165. The highest BCUT2D eigenvalue weighted by atomic mass is 32.2. The fourth-order valence-corrected chi connectivity index (χ4v) is 1.25. The highest BCUT2D eigenvalue weighted by Gasteiger charge is 2.07. The SMILES string of the molecule is N#CC1=NC([SH](=O)=O)=CCC1. The molecule has 0 unspecified atom stereocenters. The summed E-state index contributed by atoms with van der Waals surface area (Å²) in [5.41, 5.74) is 0.293. The van der Waals surface area contributed by atoms with E-state index in [2.05, 4.69) is 4.99 Å². The lowest BCUT2D eigenvalue weighted by atomic mass is 10.2. The van der Waals surface area contributed by atoms with Crippen LogP contribution in [0.15, 0.2) is 16.1 Å². The molecule has 0 saturated carbocycles. The molecule has 0 aromatic rings. The second-order valence-electron chi connectivity index (χ2n) is 2.03. The monoisotopic (exact) mass is 170 g/mol. The molecule has 4 nitrogen and oxygen atoms in total. The van der Waals surface area contributed by atoms with Gasteiger partial charge in [-0.2, -0.15) is 5.26 Å². The fraction of sp³-hybridized carbons (Fsp3) is 0.333. The number of nitriles is 1. The van der Waals surface area contributed by atoms with Crippen molar-refractivity contribution in [3.63, 3.8) is 0 Å². The maximum atomic E-state index is 10.4. The van der Waals surface area contributed by atoms with E-state index in [0.717, 1.165) is 0 Å². The number of aliphatic imine (C=N–C) groups is 1. The molecule has 0 aromatic heterocycles. The molecule has 5 heteroatoms. The first-order valence-electron chi connectivity index (χ1n) is 3.06. The molecule has 0 amide bonds. The summed E-state index contributed by atoms with van der Waals surface area (Å²) in [6.45, 7) is 0. The van der Waals surface area contributed by atoms with Crippen LogP contribution in [0.2, 0.25) is 0 Å². The van der Waals surface area contributed by atoms with Crippen LogP contribution in [0.4, 0.5) is 0 Å². The van der Waals surface area contributed by atoms with E-state index < -0.39 is 10.7 Å². The van der Waals surface area contributed by atoms with Crippen molar-refractivity contribution in [3.8, 4) is 6.07 Å². The molecule has 11 heavy (non-hydrogen) atoms. The summed E-state index contributed by atoms with van der Waals surface area (Å²) in [5, 5.41) is 8.40. The average Bonchev–Trinajstić information content (AvgIpc) is 2.05. The standard InChI is InChI=1S/C6H6N2O2S/c7-4-5-2-1-3-6(8-5)11(9)10/h3,11H,1-2H2. The summed E-state index contributed by atoms with van der Waals surface area (Å²) in [6, 6.07) is 1.83. The van der Waals surface area contributed by atoms with Crippen LogP contribution in [0, 0.1) is 11.3 Å². The normalized spacial score (nSPS) is 17.1. The third-order valence-electron chi connectivity index (χ3n) is 1.27. The van der Waals surface area contributed by atoms with Crippen LogP contribution >= 0.6 is 0 Å². The molecule has 1 rings (SSSR count). The minimum atomic E-state index is -2.63. The Morgan fingerprint density at radius 2 is 2.36 bits per heavy atom. The Balaban J connectivity index is 2.95. The molecule has 0 aliphatic carbocycles. The van der Waals surface area contributed by atoms with Gasteiger partial charge in [0.15, 0.2) is 10.7 Å². The Kier molecular flexibility index (Phi) is 2.39. The molecule has 1 aliphatic rings. The molecule has 0 radical (unpaired) electrons. The van der Waals surface area contributed by atoms with Crippen LogP contribution in [0.3, 0.4) is 0 Å². The molecular weight excluding hydrogens is 164 g/mol. The van der Waals surface area contributed by atoms with E-state index >= 15 is 0 Å². The van der Waals surface area contributed by atoms with Crippen molar-refractivity contribution >= 4 is 16.4 Å². The highest BCUT2D eigenvalue weighted by Crippen LogP contribution is 2.10. The van der Waals surface area contributed by atoms with Gasteiger partial charge in [-0.1, -0.05) is 0 Å². The third kappa shape index (κ3) is 1.88. The topological polar surface area (TPSA) is 70.3 Å². The van der Waals surface area contributed by atoms with E-state index in [9.17, 15) is 8.42 Å². The zero-order valence-electron chi connectivity index (χ0n) is 5.65. The molecule has 0 spiro atoms. The maximum Gasteiger partial charge on any atom is 0.185 e. The van der Waals surface area contributed by atoms with Gasteiger partial charge in [0, 0.05) is 6.42 Å². The molecule has 1 heterocycles. The van der Waals surface area contributed by atoms with Gasteiger partial charge in [0.1, 0.15) is 16.8 Å². The number of hydrogen-bond donors (Lipinski definition) is 1. The Labute approximate surface area is 65.8 Å².